The van der Waals surface area contributed by atoms with Gasteiger partial charge in [0.05, 0.1) is 5.75 Å². The fraction of sp³-hybridized carbons (Fsp3) is 0.353. The zero-order valence-electron chi connectivity index (χ0n) is 13.5. The Balaban J connectivity index is 2.12. The Bertz CT molecular complexity index is 654. The van der Waals surface area contributed by atoms with Crippen molar-refractivity contribution >= 4 is 17.7 Å². The lowest BCUT2D eigenvalue weighted by Gasteiger charge is -2.11. The van der Waals surface area contributed by atoms with E-state index in [1.165, 1.54) is 11.8 Å². The Morgan fingerprint density at radius 1 is 1.39 bits per heavy atom. The van der Waals surface area contributed by atoms with E-state index in [4.69, 9.17) is 0 Å². The molecule has 122 valence electrons. The molecule has 6 heteroatoms. The largest absolute Gasteiger partial charge is 0.353 e. The molecule has 2 aromatic rings. The van der Waals surface area contributed by atoms with Crippen LogP contribution in [0, 0.1) is 0 Å². The second kappa shape index (κ2) is 8.53. The number of nitrogens with zero attached hydrogens (tertiary/aromatic N) is 3. The molecule has 1 heterocycles. The van der Waals surface area contributed by atoms with Crippen LogP contribution in [0.25, 0.3) is 11.4 Å². The number of nitrogens with one attached hydrogen (secondary N) is 1. The second-order valence-electron chi connectivity index (χ2n) is 5.24. The first-order chi connectivity index (χ1) is 11.2. The van der Waals surface area contributed by atoms with Crippen LogP contribution in [0.1, 0.15) is 20.3 Å². The molecule has 1 amide bonds. The highest BCUT2D eigenvalue weighted by atomic mass is 32.2. The molecule has 0 saturated carbocycles. The standard InChI is InChI=1S/C17H22N4OS/c1-4-11-21-16(14-9-7-6-8-10-14)19-20-17(21)23-12-15(22)18-13(3)5-2/h4,6-10,13H,1,5,11-12H2,2-3H3,(H,18,22)/t13-/m0/s1. The van der Waals surface area contributed by atoms with E-state index in [2.05, 4.69) is 22.1 Å². The van der Waals surface area contributed by atoms with E-state index in [1.807, 2.05) is 48.7 Å². The van der Waals surface area contributed by atoms with E-state index < -0.39 is 0 Å². The molecule has 0 spiro atoms. The predicted molar refractivity (Wildman–Crippen MR) is 94.3 cm³/mol. The summed E-state index contributed by atoms with van der Waals surface area (Å²) in [6.45, 7) is 8.44. The van der Waals surface area contributed by atoms with Gasteiger partial charge >= 0.3 is 0 Å². The third-order valence-electron chi connectivity index (χ3n) is 3.41. The van der Waals surface area contributed by atoms with Crippen LogP contribution in [0.15, 0.2) is 48.1 Å². The summed E-state index contributed by atoms with van der Waals surface area (Å²) in [7, 11) is 0. The summed E-state index contributed by atoms with van der Waals surface area (Å²) in [5.74, 6) is 1.13. The molecule has 1 atom stereocenters. The van der Waals surface area contributed by atoms with E-state index in [0.29, 0.717) is 12.3 Å². The van der Waals surface area contributed by atoms with Crippen molar-refractivity contribution in [1.82, 2.24) is 20.1 Å². The average Bonchev–Trinajstić information content (AvgIpc) is 2.97. The topological polar surface area (TPSA) is 59.8 Å². The first-order valence-corrected chi connectivity index (χ1v) is 8.66. The minimum atomic E-state index is 0.0127. The van der Waals surface area contributed by atoms with Crippen molar-refractivity contribution in [3.63, 3.8) is 0 Å². The monoisotopic (exact) mass is 330 g/mol. The molecular weight excluding hydrogens is 308 g/mol. The van der Waals surface area contributed by atoms with Gasteiger partial charge in [-0.1, -0.05) is 55.1 Å². The van der Waals surface area contributed by atoms with Gasteiger partial charge in [0.2, 0.25) is 5.91 Å². The third-order valence-corrected chi connectivity index (χ3v) is 4.38. The Hall–Kier alpha value is -2.08. The highest BCUT2D eigenvalue weighted by molar-refractivity contribution is 7.99. The number of hydrogen-bond donors (Lipinski definition) is 1. The molecule has 1 aromatic heterocycles. The number of thioether (sulfide) groups is 1. The molecule has 0 aliphatic heterocycles. The molecule has 0 bridgehead atoms. The predicted octanol–water partition coefficient (Wildman–Crippen LogP) is 3.14. The summed E-state index contributed by atoms with van der Waals surface area (Å²) >= 11 is 1.39. The van der Waals surface area contributed by atoms with Crippen LogP contribution >= 0.6 is 11.8 Å². The number of carbonyl (C=O) groups is 1. The Labute approximate surface area is 141 Å². The smallest absolute Gasteiger partial charge is 0.230 e. The molecule has 0 aliphatic rings. The summed E-state index contributed by atoms with van der Waals surface area (Å²) < 4.78 is 1.98. The molecule has 1 aromatic carbocycles. The van der Waals surface area contributed by atoms with Gasteiger partial charge in [0, 0.05) is 18.2 Å². The van der Waals surface area contributed by atoms with E-state index in [0.717, 1.165) is 23.0 Å². The highest BCUT2D eigenvalue weighted by Gasteiger charge is 2.15. The quantitative estimate of drug-likeness (QED) is 0.597. The third kappa shape index (κ3) is 4.69. The molecule has 5 nitrogen and oxygen atoms in total. The van der Waals surface area contributed by atoms with Crippen LogP contribution in [-0.4, -0.2) is 32.5 Å². The zero-order chi connectivity index (χ0) is 16.7. The van der Waals surface area contributed by atoms with E-state index in [9.17, 15) is 4.79 Å². The highest BCUT2D eigenvalue weighted by Crippen LogP contribution is 2.23. The minimum absolute atomic E-state index is 0.0127. The van der Waals surface area contributed by atoms with E-state index in [-0.39, 0.29) is 11.9 Å². The van der Waals surface area contributed by atoms with Gasteiger partial charge in [0.25, 0.3) is 0 Å². The van der Waals surface area contributed by atoms with Gasteiger partial charge in [0.15, 0.2) is 11.0 Å². The van der Waals surface area contributed by atoms with Crippen molar-refractivity contribution in [1.29, 1.82) is 0 Å². The first kappa shape index (κ1) is 17.3. The molecule has 23 heavy (non-hydrogen) atoms. The van der Waals surface area contributed by atoms with E-state index >= 15 is 0 Å². The molecule has 0 unspecified atom stereocenters. The number of hydrogen-bond acceptors (Lipinski definition) is 4. The summed E-state index contributed by atoms with van der Waals surface area (Å²) in [6, 6.07) is 10.1. The van der Waals surface area contributed by atoms with Gasteiger partial charge in [0.1, 0.15) is 0 Å². The Morgan fingerprint density at radius 3 is 2.78 bits per heavy atom. The SMILES string of the molecule is C=CCn1c(SCC(=O)N[C@@H](C)CC)nnc1-c1ccccc1. The van der Waals surface area contributed by atoms with Crippen LogP contribution in [0.3, 0.4) is 0 Å². The summed E-state index contributed by atoms with van der Waals surface area (Å²) in [6.07, 6.45) is 2.72. The van der Waals surface area contributed by atoms with Gasteiger partial charge < -0.3 is 5.32 Å². The zero-order valence-corrected chi connectivity index (χ0v) is 14.3. The fourth-order valence-electron chi connectivity index (χ4n) is 2.04. The molecule has 1 N–H and O–H groups in total. The van der Waals surface area contributed by atoms with Gasteiger partial charge in [-0.2, -0.15) is 0 Å². The number of aromatic nitrogens is 3. The summed E-state index contributed by atoms with van der Waals surface area (Å²) in [5.41, 5.74) is 0.998. The van der Waals surface area contributed by atoms with Gasteiger partial charge in [-0.15, -0.1) is 16.8 Å². The van der Waals surface area contributed by atoms with Crippen molar-refractivity contribution in [2.75, 3.05) is 5.75 Å². The van der Waals surface area contributed by atoms with Crippen molar-refractivity contribution < 1.29 is 4.79 Å². The maximum Gasteiger partial charge on any atom is 0.230 e. The second-order valence-corrected chi connectivity index (χ2v) is 6.18. The van der Waals surface area contributed by atoms with Crippen molar-refractivity contribution in [3.05, 3.63) is 43.0 Å². The summed E-state index contributed by atoms with van der Waals surface area (Å²) in [5, 5.41) is 12.2. The molecule has 0 fully saturated rings. The molecule has 2 rings (SSSR count). The van der Waals surface area contributed by atoms with Gasteiger partial charge in [-0.05, 0) is 13.3 Å². The van der Waals surface area contributed by atoms with Crippen LogP contribution in [0.2, 0.25) is 0 Å². The lowest BCUT2D eigenvalue weighted by atomic mass is 10.2. The number of rotatable bonds is 8. The van der Waals surface area contributed by atoms with Gasteiger partial charge in [-0.3, -0.25) is 9.36 Å². The fourth-order valence-corrected chi connectivity index (χ4v) is 2.80. The molecule has 0 saturated heterocycles. The maximum atomic E-state index is 11.9. The number of carbonyl (C=O) groups excluding carboxylic acids is 1. The molecule has 0 radical (unpaired) electrons. The number of benzene rings is 1. The van der Waals surface area contributed by atoms with Crippen molar-refractivity contribution in [2.24, 2.45) is 0 Å². The van der Waals surface area contributed by atoms with Crippen molar-refractivity contribution in [2.45, 2.75) is 38.0 Å². The van der Waals surface area contributed by atoms with Crippen LogP contribution < -0.4 is 5.32 Å². The molecular formula is C17H22N4OS. The Morgan fingerprint density at radius 2 is 2.13 bits per heavy atom. The minimum Gasteiger partial charge on any atom is -0.353 e. The van der Waals surface area contributed by atoms with Crippen LogP contribution in [0.5, 0.6) is 0 Å². The Kier molecular flexibility index (Phi) is 6.40. The van der Waals surface area contributed by atoms with Crippen molar-refractivity contribution in [3.8, 4) is 11.4 Å². The molecule has 0 aliphatic carbocycles. The summed E-state index contributed by atoms with van der Waals surface area (Å²) in [4.78, 5) is 11.9. The average molecular weight is 330 g/mol. The lowest BCUT2D eigenvalue weighted by Crippen LogP contribution is -2.33. The van der Waals surface area contributed by atoms with E-state index in [1.54, 1.807) is 6.08 Å². The van der Waals surface area contributed by atoms with Crippen LogP contribution in [-0.2, 0) is 11.3 Å². The maximum absolute atomic E-state index is 11.9. The number of allylic oxidation sites excluding steroid dienone is 1. The number of amides is 1. The van der Waals surface area contributed by atoms with Gasteiger partial charge in [-0.25, -0.2) is 0 Å². The van der Waals surface area contributed by atoms with Crippen LogP contribution in [0.4, 0.5) is 0 Å². The first-order valence-electron chi connectivity index (χ1n) is 7.67. The normalized spacial score (nSPS) is 11.9. The lowest BCUT2D eigenvalue weighted by molar-refractivity contribution is -0.119.